The van der Waals surface area contributed by atoms with Gasteiger partial charge in [0.05, 0.1) is 12.7 Å². The van der Waals surface area contributed by atoms with Crippen molar-refractivity contribution >= 4 is 0 Å². The van der Waals surface area contributed by atoms with Gasteiger partial charge in [-0.05, 0) is 31.8 Å². The van der Waals surface area contributed by atoms with Gasteiger partial charge in [-0.15, -0.1) is 0 Å². The van der Waals surface area contributed by atoms with Gasteiger partial charge < -0.3 is 10.1 Å². The van der Waals surface area contributed by atoms with Crippen LogP contribution >= 0.6 is 0 Å². The Bertz CT molecular complexity index is 206. The van der Waals surface area contributed by atoms with E-state index in [0.29, 0.717) is 12.1 Å². The van der Waals surface area contributed by atoms with Crippen molar-refractivity contribution in [2.45, 2.75) is 45.3 Å². The van der Waals surface area contributed by atoms with Crippen LogP contribution in [0.1, 0.15) is 33.1 Å². The molecule has 1 heterocycles. The van der Waals surface area contributed by atoms with Crippen LogP contribution in [0.3, 0.4) is 0 Å². The molecule has 1 saturated heterocycles. The lowest BCUT2D eigenvalue weighted by atomic mass is 9.77. The topological polar surface area (TPSA) is 24.5 Å². The number of nitrogens with one attached hydrogen (secondary N) is 1. The Hall–Kier alpha value is -0.120. The van der Waals surface area contributed by atoms with Crippen LogP contribution in [0.15, 0.2) is 0 Å². The highest BCUT2D eigenvalue weighted by Crippen LogP contribution is 2.32. The highest BCUT2D eigenvalue weighted by Gasteiger charge is 2.35. The fourth-order valence-electron chi connectivity index (χ4n) is 2.87. The van der Waals surface area contributed by atoms with Gasteiger partial charge in [0.2, 0.25) is 0 Å². The van der Waals surface area contributed by atoms with Gasteiger partial charge in [-0.1, -0.05) is 20.3 Å². The molecule has 1 N–H and O–H groups in total. The largest absolute Gasteiger partial charge is 0.374 e. The number of hydrogen-bond acceptors (Lipinski definition) is 3. The molecule has 2 aliphatic rings. The summed E-state index contributed by atoms with van der Waals surface area (Å²) in [5, 5.41) is 3.65. The molecule has 0 aromatic heterocycles. The van der Waals surface area contributed by atoms with E-state index in [-0.39, 0.29) is 0 Å². The van der Waals surface area contributed by atoms with Gasteiger partial charge in [-0.3, -0.25) is 4.90 Å². The van der Waals surface area contributed by atoms with Gasteiger partial charge in [-0.25, -0.2) is 0 Å². The molecule has 0 aromatic rings. The monoisotopic (exact) mass is 226 g/mol. The number of hydrogen-bond donors (Lipinski definition) is 1. The Balaban J connectivity index is 1.90. The van der Waals surface area contributed by atoms with Crippen LogP contribution in [0.25, 0.3) is 0 Å². The molecule has 0 aromatic carbocycles. The molecule has 1 aliphatic carbocycles. The summed E-state index contributed by atoms with van der Waals surface area (Å²) in [5.41, 5.74) is 0. The molecule has 0 amide bonds. The first kappa shape index (κ1) is 12.3. The second-order valence-corrected chi connectivity index (χ2v) is 5.08. The van der Waals surface area contributed by atoms with E-state index in [2.05, 4.69) is 24.1 Å². The van der Waals surface area contributed by atoms with Crippen LogP contribution in [0.4, 0.5) is 0 Å². The van der Waals surface area contributed by atoms with Crippen molar-refractivity contribution in [2.75, 3.05) is 32.8 Å². The maximum Gasteiger partial charge on any atom is 0.0857 e. The van der Waals surface area contributed by atoms with Crippen LogP contribution in [0.2, 0.25) is 0 Å². The van der Waals surface area contributed by atoms with Crippen LogP contribution in [0, 0.1) is 5.92 Å². The van der Waals surface area contributed by atoms with E-state index < -0.39 is 0 Å². The first-order chi connectivity index (χ1) is 7.85. The van der Waals surface area contributed by atoms with Crippen molar-refractivity contribution in [1.82, 2.24) is 10.2 Å². The predicted octanol–water partition coefficient (Wildman–Crippen LogP) is 1.49. The molecule has 3 heteroatoms. The summed E-state index contributed by atoms with van der Waals surface area (Å²) in [6.07, 6.45) is 4.61. The van der Waals surface area contributed by atoms with E-state index in [1.807, 2.05) is 0 Å². The lowest BCUT2D eigenvalue weighted by Crippen LogP contribution is -2.56. The lowest BCUT2D eigenvalue weighted by molar-refractivity contribution is -0.0617. The first-order valence-corrected chi connectivity index (χ1v) is 6.92. The van der Waals surface area contributed by atoms with E-state index in [4.69, 9.17) is 4.74 Å². The van der Waals surface area contributed by atoms with Crippen molar-refractivity contribution in [3.05, 3.63) is 0 Å². The zero-order chi connectivity index (χ0) is 11.4. The average Bonchev–Trinajstić information content (AvgIpc) is 2.26. The van der Waals surface area contributed by atoms with E-state index in [9.17, 15) is 0 Å². The normalized spacial score (nSPS) is 30.0. The zero-order valence-corrected chi connectivity index (χ0v) is 10.7. The van der Waals surface area contributed by atoms with Gasteiger partial charge in [0.15, 0.2) is 0 Å². The van der Waals surface area contributed by atoms with Crippen LogP contribution in [-0.2, 0) is 4.74 Å². The Morgan fingerprint density at radius 2 is 2.19 bits per heavy atom. The Labute approximate surface area is 99.5 Å². The zero-order valence-electron chi connectivity index (χ0n) is 10.7. The minimum absolute atomic E-state index is 0.416. The van der Waals surface area contributed by atoms with E-state index in [1.165, 1.54) is 19.3 Å². The molecule has 1 aliphatic heterocycles. The van der Waals surface area contributed by atoms with Gasteiger partial charge in [0.25, 0.3) is 0 Å². The molecular formula is C13H26N2O. The minimum atomic E-state index is 0.416. The summed E-state index contributed by atoms with van der Waals surface area (Å²) in [6.45, 7) is 9.80. The summed E-state index contributed by atoms with van der Waals surface area (Å²) in [6, 6.07) is 0.591. The van der Waals surface area contributed by atoms with Crippen LogP contribution < -0.4 is 5.32 Å². The molecule has 2 atom stereocenters. The highest BCUT2D eigenvalue weighted by molar-refractivity contribution is 4.91. The fourth-order valence-corrected chi connectivity index (χ4v) is 2.87. The quantitative estimate of drug-likeness (QED) is 0.768. The predicted molar refractivity (Wildman–Crippen MR) is 66.7 cm³/mol. The molecule has 2 unspecified atom stereocenters. The van der Waals surface area contributed by atoms with Gasteiger partial charge in [0, 0.05) is 19.1 Å². The fraction of sp³-hybridized carbons (Fsp3) is 1.00. The van der Waals surface area contributed by atoms with Crippen molar-refractivity contribution in [3.63, 3.8) is 0 Å². The molecule has 1 saturated carbocycles. The van der Waals surface area contributed by atoms with Gasteiger partial charge in [-0.2, -0.15) is 0 Å². The number of morpholine rings is 1. The second-order valence-electron chi connectivity index (χ2n) is 5.08. The Kier molecular flexibility index (Phi) is 4.62. The summed E-state index contributed by atoms with van der Waals surface area (Å²) in [5.74, 6) is 0.863. The third-order valence-electron chi connectivity index (χ3n) is 4.12. The summed E-state index contributed by atoms with van der Waals surface area (Å²) >= 11 is 0. The Morgan fingerprint density at radius 3 is 2.75 bits per heavy atom. The molecular weight excluding hydrogens is 200 g/mol. The molecule has 2 fully saturated rings. The molecule has 16 heavy (non-hydrogen) atoms. The van der Waals surface area contributed by atoms with E-state index in [1.54, 1.807) is 0 Å². The summed E-state index contributed by atoms with van der Waals surface area (Å²) < 4.78 is 5.98. The molecule has 0 spiro atoms. The SMILES string of the molecule is CCNC(C1CCC1)C1CN(CC)CCO1. The lowest BCUT2D eigenvalue weighted by Gasteiger charge is -2.43. The number of ether oxygens (including phenoxy) is 1. The minimum Gasteiger partial charge on any atom is -0.374 e. The second kappa shape index (κ2) is 5.99. The number of rotatable bonds is 5. The van der Waals surface area contributed by atoms with Crippen molar-refractivity contribution in [2.24, 2.45) is 5.92 Å². The maximum atomic E-state index is 5.98. The first-order valence-electron chi connectivity index (χ1n) is 6.92. The van der Waals surface area contributed by atoms with Crippen molar-refractivity contribution < 1.29 is 4.74 Å². The smallest absolute Gasteiger partial charge is 0.0857 e. The van der Waals surface area contributed by atoms with Crippen molar-refractivity contribution in [1.29, 1.82) is 0 Å². The maximum absolute atomic E-state index is 5.98. The van der Waals surface area contributed by atoms with E-state index >= 15 is 0 Å². The van der Waals surface area contributed by atoms with Crippen LogP contribution in [-0.4, -0.2) is 49.8 Å². The van der Waals surface area contributed by atoms with Gasteiger partial charge >= 0.3 is 0 Å². The summed E-state index contributed by atoms with van der Waals surface area (Å²) in [7, 11) is 0. The standard InChI is InChI=1S/C13H26N2O/c1-3-14-13(11-6-5-7-11)12-10-15(4-2)8-9-16-12/h11-14H,3-10H2,1-2H3. The number of likely N-dealkylation sites (N-methyl/N-ethyl adjacent to an activating group) is 2. The molecule has 0 bridgehead atoms. The molecule has 0 radical (unpaired) electrons. The number of nitrogens with zero attached hydrogens (tertiary/aromatic N) is 1. The molecule has 94 valence electrons. The highest BCUT2D eigenvalue weighted by atomic mass is 16.5. The molecule has 2 rings (SSSR count). The molecule has 3 nitrogen and oxygen atoms in total. The van der Waals surface area contributed by atoms with E-state index in [0.717, 1.165) is 38.7 Å². The Morgan fingerprint density at radius 1 is 1.38 bits per heavy atom. The average molecular weight is 226 g/mol. The third-order valence-corrected chi connectivity index (χ3v) is 4.12. The van der Waals surface area contributed by atoms with Crippen molar-refractivity contribution in [3.8, 4) is 0 Å². The van der Waals surface area contributed by atoms with Crippen LogP contribution in [0.5, 0.6) is 0 Å². The summed E-state index contributed by atoms with van der Waals surface area (Å²) in [4.78, 5) is 2.51. The third kappa shape index (κ3) is 2.76. The van der Waals surface area contributed by atoms with Gasteiger partial charge in [0.1, 0.15) is 0 Å².